The second-order valence-electron chi connectivity index (χ2n) is 6.62. The van der Waals surface area contributed by atoms with Gasteiger partial charge in [0.25, 0.3) is 0 Å². The third kappa shape index (κ3) is 2.97. The fourth-order valence-electron chi connectivity index (χ4n) is 3.59. The molecule has 5 nitrogen and oxygen atoms in total. The lowest BCUT2D eigenvalue weighted by atomic mass is 9.70. The molecule has 2 atom stereocenters. The van der Waals surface area contributed by atoms with Gasteiger partial charge in [-0.15, -0.1) is 0 Å². The number of nitrogens with two attached hydrogens (primary N) is 1. The second kappa shape index (κ2) is 6.12. The SMILES string of the molecule is CC1CCC(CN)(C(=O)NC2CCCC2C(=O)O)CC1. The number of carbonyl (C=O) groups is 2. The first-order valence-corrected chi connectivity index (χ1v) is 7.72. The van der Waals surface area contributed by atoms with Crippen LogP contribution in [0, 0.1) is 17.3 Å². The summed E-state index contributed by atoms with van der Waals surface area (Å²) in [5, 5.41) is 12.2. The van der Waals surface area contributed by atoms with Gasteiger partial charge in [-0.2, -0.15) is 0 Å². The van der Waals surface area contributed by atoms with E-state index in [9.17, 15) is 14.7 Å². The number of rotatable bonds is 4. The summed E-state index contributed by atoms with van der Waals surface area (Å²) in [6.07, 6.45) is 5.98. The number of hydrogen-bond donors (Lipinski definition) is 3. The van der Waals surface area contributed by atoms with Gasteiger partial charge in [0.05, 0.1) is 11.3 Å². The molecule has 2 fully saturated rings. The monoisotopic (exact) mass is 282 g/mol. The van der Waals surface area contributed by atoms with E-state index in [-0.39, 0.29) is 11.9 Å². The first-order valence-electron chi connectivity index (χ1n) is 7.72. The predicted octanol–water partition coefficient (Wildman–Crippen LogP) is 1.51. The molecule has 0 aromatic heterocycles. The van der Waals surface area contributed by atoms with Gasteiger partial charge in [0.2, 0.25) is 5.91 Å². The molecule has 0 saturated heterocycles. The van der Waals surface area contributed by atoms with Crippen LogP contribution in [0.5, 0.6) is 0 Å². The maximum Gasteiger partial charge on any atom is 0.308 e. The number of aliphatic carboxylic acids is 1. The third-order valence-electron chi connectivity index (χ3n) is 5.25. The van der Waals surface area contributed by atoms with Crippen molar-refractivity contribution in [3.63, 3.8) is 0 Å². The van der Waals surface area contributed by atoms with Crippen LogP contribution in [-0.4, -0.2) is 29.6 Å². The van der Waals surface area contributed by atoms with Crippen LogP contribution in [0.2, 0.25) is 0 Å². The van der Waals surface area contributed by atoms with E-state index >= 15 is 0 Å². The number of carboxylic acid groups (broad SMARTS) is 1. The van der Waals surface area contributed by atoms with Gasteiger partial charge in [0.15, 0.2) is 0 Å². The molecule has 0 aromatic rings. The van der Waals surface area contributed by atoms with Crippen LogP contribution in [-0.2, 0) is 9.59 Å². The Morgan fingerprint density at radius 1 is 1.25 bits per heavy atom. The van der Waals surface area contributed by atoms with Crippen LogP contribution >= 0.6 is 0 Å². The Kier molecular flexibility index (Phi) is 4.68. The smallest absolute Gasteiger partial charge is 0.308 e. The largest absolute Gasteiger partial charge is 0.481 e. The maximum absolute atomic E-state index is 12.6. The molecule has 0 spiro atoms. The summed E-state index contributed by atoms with van der Waals surface area (Å²) in [5.41, 5.74) is 5.40. The number of carboxylic acids is 1. The molecule has 0 bridgehead atoms. The van der Waals surface area contributed by atoms with Gasteiger partial charge < -0.3 is 16.2 Å². The van der Waals surface area contributed by atoms with Crippen molar-refractivity contribution >= 4 is 11.9 Å². The third-order valence-corrected chi connectivity index (χ3v) is 5.25. The minimum absolute atomic E-state index is 0.0231. The molecule has 2 saturated carbocycles. The summed E-state index contributed by atoms with van der Waals surface area (Å²) in [5.74, 6) is -0.603. The summed E-state index contributed by atoms with van der Waals surface area (Å²) in [7, 11) is 0. The molecule has 1 amide bonds. The zero-order chi connectivity index (χ0) is 14.8. The van der Waals surface area contributed by atoms with Gasteiger partial charge in [-0.3, -0.25) is 9.59 Å². The fraction of sp³-hybridized carbons (Fsp3) is 0.867. The minimum atomic E-state index is -0.799. The molecule has 2 aliphatic carbocycles. The van der Waals surface area contributed by atoms with Gasteiger partial charge >= 0.3 is 5.97 Å². The molecule has 0 aromatic carbocycles. The standard InChI is InChI=1S/C15H26N2O3/c1-10-5-7-15(9-16,8-6-10)14(20)17-12-4-2-3-11(12)13(18)19/h10-12H,2-9,16H2,1H3,(H,17,20)(H,18,19). The van der Waals surface area contributed by atoms with Gasteiger partial charge in [-0.1, -0.05) is 13.3 Å². The Morgan fingerprint density at radius 2 is 1.90 bits per heavy atom. The average molecular weight is 282 g/mol. The lowest BCUT2D eigenvalue weighted by Crippen LogP contribution is -2.52. The van der Waals surface area contributed by atoms with Crippen LogP contribution in [0.3, 0.4) is 0 Å². The van der Waals surface area contributed by atoms with Crippen molar-refractivity contribution in [2.24, 2.45) is 23.0 Å². The highest BCUT2D eigenvalue weighted by atomic mass is 16.4. The van der Waals surface area contributed by atoms with Gasteiger partial charge in [-0.05, 0) is 44.4 Å². The highest BCUT2D eigenvalue weighted by Crippen LogP contribution is 2.39. The Bertz CT molecular complexity index is 375. The quantitative estimate of drug-likeness (QED) is 0.728. The molecule has 2 rings (SSSR count). The van der Waals surface area contributed by atoms with Gasteiger partial charge in [0.1, 0.15) is 0 Å². The molecule has 4 N–H and O–H groups in total. The zero-order valence-corrected chi connectivity index (χ0v) is 12.2. The summed E-state index contributed by atoms with van der Waals surface area (Å²) in [6, 6.07) is -0.220. The molecule has 2 aliphatic rings. The first-order chi connectivity index (χ1) is 9.48. The van der Waals surface area contributed by atoms with Gasteiger partial charge in [0, 0.05) is 12.6 Å². The zero-order valence-electron chi connectivity index (χ0n) is 12.2. The Morgan fingerprint density at radius 3 is 2.45 bits per heavy atom. The van der Waals surface area contributed by atoms with E-state index in [1.165, 1.54) is 0 Å². The Hall–Kier alpha value is -1.10. The molecule has 114 valence electrons. The topological polar surface area (TPSA) is 92.4 Å². The van der Waals surface area contributed by atoms with E-state index in [1.54, 1.807) is 0 Å². The van der Waals surface area contributed by atoms with Crippen molar-refractivity contribution in [3.8, 4) is 0 Å². The van der Waals surface area contributed by atoms with Crippen LogP contribution in [0.1, 0.15) is 51.9 Å². The second-order valence-corrected chi connectivity index (χ2v) is 6.62. The predicted molar refractivity (Wildman–Crippen MR) is 76.0 cm³/mol. The highest BCUT2D eigenvalue weighted by molar-refractivity contribution is 5.84. The van der Waals surface area contributed by atoms with E-state index in [1.807, 2.05) is 0 Å². The van der Waals surface area contributed by atoms with Crippen molar-refractivity contribution in [1.82, 2.24) is 5.32 Å². The van der Waals surface area contributed by atoms with Crippen molar-refractivity contribution in [2.75, 3.05) is 6.54 Å². The van der Waals surface area contributed by atoms with Crippen LogP contribution in [0.15, 0.2) is 0 Å². The molecule has 2 unspecified atom stereocenters. The van der Waals surface area contributed by atoms with E-state index in [0.717, 1.165) is 38.5 Å². The normalized spacial score (nSPS) is 37.6. The van der Waals surface area contributed by atoms with E-state index in [2.05, 4.69) is 12.2 Å². The number of nitrogens with one attached hydrogen (secondary N) is 1. The highest BCUT2D eigenvalue weighted by Gasteiger charge is 2.42. The molecular weight excluding hydrogens is 256 g/mol. The first kappa shape index (κ1) is 15.3. The molecule has 5 heteroatoms. The van der Waals surface area contributed by atoms with Gasteiger partial charge in [-0.25, -0.2) is 0 Å². The molecule has 0 radical (unpaired) electrons. The summed E-state index contributed by atoms with van der Waals surface area (Å²) < 4.78 is 0. The Balaban J connectivity index is 2.01. The summed E-state index contributed by atoms with van der Waals surface area (Å²) >= 11 is 0. The van der Waals surface area contributed by atoms with E-state index < -0.39 is 17.3 Å². The molecule has 20 heavy (non-hydrogen) atoms. The fourth-order valence-corrected chi connectivity index (χ4v) is 3.59. The van der Waals surface area contributed by atoms with Crippen LogP contribution < -0.4 is 11.1 Å². The molecule has 0 aliphatic heterocycles. The van der Waals surface area contributed by atoms with Crippen molar-refractivity contribution in [2.45, 2.75) is 57.9 Å². The van der Waals surface area contributed by atoms with E-state index in [0.29, 0.717) is 18.9 Å². The average Bonchev–Trinajstić information content (AvgIpc) is 2.88. The lowest BCUT2D eigenvalue weighted by Gasteiger charge is -2.38. The van der Waals surface area contributed by atoms with Crippen LogP contribution in [0.25, 0.3) is 0 Å². The summed E-state index contributed by atoms with van der Waals surface area (Å²) in [6.45, 7) is 2.56. The van der Waals surface area contributed by atoms with Crippen molar-refractivity contribution in [1.29, 1.82) is 0 Å². The number of hydrogen-bond acceptors (Lipinski definition) is 3. The number of amides is 1. The Labute approximate surface area is 120 Å². The lowest BCUT2D eigenvalue weighted by molar-refractivity contribution is -0.143. The van der Waals surface area contributed by atoms with E-state index in [4.69, 9.17) is 5.73 Å². The summed E-state index contributed by atoms with van der Waals surface area (Å²) in [4.78, 5) is 23.8. The molecular formula is C15H26N2O3. The van der Waals surface area contributed by atoms with Crippen molar-refractivity contribution < 1.29 is 14.7 Å². The van der Waals surface area contributed by atoms with Crippen molar-refractivity contribution in [3.05, 3.63) is 0 Å². The molecule has 0 heterocycles. The number of carbonyl (C=O) groups excluding carboxylic acids is 1. The maximum atomic E-state index is 12.6. The van der Waals surface area contributed by atoms with Crippen LogP contribution in [0.4, 0.5) is 0 Å². The minimum Gasteiger partial charge on any atom is -0.481 e.